The quantitative estimate of drug-likeness (QED) is 0.396. The average molecular weight is 474 g/mol. The highest BCUT2D eigenvalue weighted by Crippen LogP contribution is 2.36. The summed E-state index contributed by atoms with van der Waals surface area (Å²) in [5.74, 6) is -0.894. The number of halogens is 2. The minimum Gasteiger partial charge on any atom is -0.462 e. The molecular weight excluding hydrogens is 461 g/mol. The fourth-order valence-corrected chi connectivity index (χ4v) is 5.12. The van der Waals surface area contributed by atoms with Crippen LogP contribution in [0.15, 0.2) is 18.2 Å². The van der Waals surface area contributed by atoms with Crippen LogP contribution in [0.4, 0.5) is 5.13 Å². The van der Waals surface area contributed by atoms with E-state index in [0.717, 1.165) is 21.4 Å². The van der Waals surface area contributed by atoms with E-state index in [2.05, 4.69) is 15.6 Å². The first kappa shape index (κ1) is 20.9. The molecular formula is C17H13Cl2N3O3S3. The number of esters is 1. The van der Waals surface area contributed by atoms with E-state index in [0.29, 0.717) is 30.6 Å². The third-order valence-electron chi connectivity index (χ3n) is 3.50. The van der Waals surface area contributed by atoms with Gasteiger partial charge >= 0.3 is 5.97 Å². The lowest BCUT2D eigenvalue weighted by Crippen LogP contribution is -2.33. The Hall–Kier alpha value is -1.78. The second-order valence-electron chi connectivity index (χ2n) is 5.45. The summed E-state index contributed by atoms with van der Waals surface area (Å²) >= 11 is 19.8. The van der Waals surface area contributed by atoms with Crippen LogP contribution in [0, 0.1) is 6.92 Å². The predicted molar refractivity (Wildman–Crippen MR) is 118 cm³/mol. The number of benzene rings is 1. The van der Waals surface area contributed by atoms with Gasteiger partial charge in [-0.15, -0.1) is 11.3 Å². The van der Waals surface area contributed by atoms with E-state index in [1.165, 1.54) is 11.3 Å². The van der Waals surface area contributed by atoms with Gasteiger partial charge in [-0.3, -0.25) is 10.1 Å². The molecule has 2 N–H and O–H groups in total. The molecule has 0 atom stereocenters. The number of nitrogens with zero attached hydrogens (tertiary/aromatic N) is 1. The molecule has 1 amide bonds. The molecule has 0 spiro atoms. The van der Waals surface area contributed by atoms with Crippen molar-refractivity contribution in [2.75, 3.05) is 11.9 Å². The number of anilines is 1. The second-order valence-corrected chi connectivity index (χ2v) is 8.72. The molecule has 0 aliphatic rings. The van der Waals surface area contributed by atoms with Gasteiger partial charge in [0.05, 0.1) is 17.3 Å². The SMILES string of the molecule is CCOC(=O)c1sc(NC(=S)NC(=O)c2sc3cc(Cl)ccc3c2Cl)nc1C. The summed E-state index contributed by atoms with van der Waals surface area (Å²) in [5.41, 5.74) is 0.518. The first-order valence-electron chi connectivity index (χ1n) is 7.94. The van der Waals surface area contributed by atoms with Crippen LogP contribution < -0.4 is 10.6 Å². The number of amides is 1. The number of thiazole rings is 1. The number of carbonyl (C=O) groups excluding carboxylic acids is 2. The van der Waals surface area contributed by atoms with Crippen molar-refractivity contribution < 1.29 is 14.3 Å². The number of rotatable bonds is 4. The van der Waals surface area contributed by atoms with E-state index in [1.54, 1.807) is 32.0 Å². The van der Waals surface area contributed by atoms with Crippen LogP contribution >= 0.6 is 58.1 Å². The van der Waals surface area contributed by atoms with Crippen molar-refractivity contribution in [3.63, 3.8) is 0 Å². The van der Waals surface area contributed by atoms with Crippen LogP contribution in [0.5, 0.6) is 0 Å². The molecule has 28 heavy (non-hydrogen) atoms. The van der Waals surface area contributed by atoms with Crippen molar-refractivity contribution in [1.29, 1.82) is 0 Å². The zero-order valence-corrected chi connectivity index (χ0v) is 18.6. The fourth-order valence-electron chi connectivity index (χ4n) is 2.31. The number of carbonyl (C=O) groups is 2. The van der Waals surface area contributed by atoms with Gasteiger partial charge in [-0.25, -0.2) is 9.78 Å². The van der Waals surface area contributed by atoms with Gasteiger partial charge in [0.1, 0.15) is 9.75 Å². The normalized spacial score (nSPS) is 10.7. The highest BCUT2D eigenvalue weighted by molar-refractivity contribution is 7.80. The number of fused-ring (bicyclic) bond motifs is 1. The summed E-state index contributed by atoms with van der Waals surface area (Å²) in [6.45, 7) is 3.69. The number of ether oxygens (including phenoxy) is 1. The Morgan fingerprint density at radius 1 is 1.25 bits per heavy atom. The number of nitrogens with one attached hydrogen (secondary N) is 2. The molecule has 3 aromatic rings. The molecule has 146 valence electrons. The topological polar surface area (TPSA) is 80.3 Å². The van der Waals surface area contributed by atoms with Gasteiger partial charge in [-0.2, -0.15) is 0 Å². The molecule has 0 saturated carbocycles. The Balaban J connectivity index is 1.72. The van der Waals surface area contributed by atoms with Crippen LogP contribution in [0.3, 0.4) is 0 Å². The van der Waals surface area contributed by atoms with E-state index in [4.69, 9.17) is 40.2 Å². The summed E-state index contributed by atoms with van der Waals surface area (Å²) in [7, 11) is 0. The first-order chi connectivity index (χ1) is 13.3. The fraction of sp³-hybridized carbons (Fsp3) is 0.176. The van der Waals surface area contributed by atoms with Crippen molar-refractivity contribution in [2.45, 2.75) is 13.8 Å². The summed E-state index contributed by atoms with van der Waals surface area (Å²) in [4.78, 5) is 29.3. The van der Waals surface area contributed by atoms with Gasteiger partial charge in [-0.05, 0) is 38.2 Å². The van der Waals surface area contributed by atoms with E-state index in [9.17, 15) is 9.59 Å². The number of hydrogen-bond donors (Lipinski definition) is 2. The third-order valence-corrected chi connectivity index (χ3v) is 6.65. The predicted octanol–water partition coefficient (Wildman–Crippen LogP) is 5.28. The van der Waals surface area contributed by atoms with Crippen LogP contribution in [0.25, 0.3) is 10.1 Å². The van der Waals surface area contributed by atoms with Crippen molar-refractivity contribution >= 4 is 90.3 Å². The standard InChI is InChI=1S/C17H13Cl2N3O3S3/c1-3-25-15(24)12-7(2)20-17(28-12)22-16(26)21-14(23)13-11(19)9-5-4-8(18)6-10(9)27-13/h4-6H,3H2,1-2H3,(H2,20,21,22,23,26). The Kier molecular flexibility index (Phi) is 6.51. The number of aromatic nitrogens is 1. The van der Waals surface area contributed by atoms with E-state index >= 15 is 0 Å². The number of thiocarbonyl (C=S) groups is 1. The van der Waals surface area contributed by atoms with E-state index in [-0.39, 0.29) is 11.7 Å². The minimum atomic E-state index is -0.448. The number of thiophene rings is 1. The molecule has 0 aliphatic heterocycles. The summed E-state index contributed by atoms with van der Waals surface area (Å²) < 4.78 is 5.78. The lowest BCUT2D eigenvalue weighted by atomic mass is 10.2. The van der Waals surface area contributed by atoms with Gasteiger partial charge in [-0.1, -0.05) is 40.6 Å². The van der Waals surface area contributed by atoms with E-state index < -0.39 is 11.9 Å². The van der Waals surface area contributed by atoms with Crippen LogP contribution in [0.1, 0.15) is 32.0 Å². The molecule has 0 radical (unpaired) electrons. The Morgan fingerprint density at radius 2 is 2.00 bits per heavy atom. The molecule has 1 aromatic carbocycles. The molecule has 11 heteroatoms. The van der Waals surface area contributed by atoms with Gasteiger partial charge in [0.25, 0.3) is 5.91 Å². The zero-order chi connectivity index (χ0) is 20.4. The summed E-state index contributed by atoms with van der Waals surface area (Å²) in [6, 6.07) is 5.22. The molecule has 0 aliphatic carbocycles. The van der Waals surface area contributed by atoms with Crippen LogP contribution in [-0.4, -0.2) is 28.6 Å². The van der Waals surface area contributed by atoms with Crippen molar-refractivity contribution in [2.24, 2.45) is 0 Å². The maximum absolute atomic E-state index is 12.5. The third kappa shape index (κ3) is 4.44. The molecule has 0 bridgehead atoms. The molecule has 0 fully saturated rings. The van der Waals surface area contributed by atoms with Gasteiger partial charge in [0, 0.05) is 15.1 Å². The highest BCUT2D eigenvalue weighted by Gasteiger charge is 2.20. The molecule has 0 saturated heterocycles. The molecule has 2 heterocycles. The number of aryl methyl sites for hydroxylation is 1. The molecule has 6 nitrogen and oxygen atoms in total. The molecule has 0 unspecified atom stereocenters. The summed E-state index contributed by atoms with van der Waals surface area (Å²) in [5, 5.41) is 7.43. The zero-order valence-electron chi connectivity index (χ0n) is 14.6. The Morgan fingerprint density at radius 3 is 2.71 bits per heavy atom. The summed E-state index contributed by atoms with van der Waals surface area (Å²) in [6.07, 6.45) is 0. The minimum absolute atomic E-state index is 0.0423. The Labute approximate surface area is 183 Å². The van der Waals surface area contributed by atoms with Gasteiger partial charge < -0.3 is 10.1 Å². The molecule has 3 rings (SSSR count). The first-order valence-corrected chi connectivity index (χ1v) is 10.7. The van der Waals surface area contributed by atoms with E-state index in [1.807, 2.05) is 0 Å². The maximum atomic E-state index is 12.5. The number of hydrogen-bond acceptors (Lipinski definition) is 7. The highest BCUT2D eigenvalue weighted by atomic mass is 35.5. The molecule has 2 aromatic heterocycles. The van der Waals surface area contributed by atoms with Crippen molar-refractivity contribution in [1.82, 2.24) is 10.3 Å². The van der Waals surface area contributed by atoms with Crippen LogP contribution in [-0.2, 0) is 4.74 Å². The Bertz CT molecular complexity index is 1090. The van der Waals surface area contributed by atoms with Crippen molar-refractivity contribution in [3.05, 3.63) is 43.7 Å². The smallest absolute Gasteiger partial charge is 0.350 e. The maximum Gasteiger partial charge on any atom is 0.350 e. The van der Waals surface area contributed by atoms with Gasteiger partial charge in [0.2, 0.25) is 0 Å². The van der Waals surface area contributed by atoms with Crippen LogP contribution in [0.2, 0.25) is 10.0 Å². The lowest BCUT2D eigenvalue weighted by molar-refractivity contribution is 0.0531. The lowest BCUT2D eigenvalue weighted by Gasteiger charge is -2.06. The largest absolute Gasteiger partial charge is 0.462 e. The second kappa shape index (κ2) is 8.71. The monoisotopic (exact) mass is 473 g/mol. The average Bonchev–Trinajstić information content (AvgIpc) is 3.14. The van der Waals surface area contributed by atoms with Gasteiger partial charge in [0.15, 0.2) is 10.2 Å². The van der Waals surface area contributed by atoms with Crippen molar-refractivity contribution in [3.8, 4) is 0 Å².